The van der Waals surface area contributed by atoms with Gasteiger partial charge >= 0.3 is 0 Å². The Morgan fingerprint density at radius 1 is 1.00 bits per heavy atom. The average molecular weight is 470 g/mol. The lowest BCUT2D eigenvalue weighted by Gasteiger charge is -2.18. The van der Waals surface area contributed by atoms with E-state index >= 15 is 0 Å². The number of amides is 1. The van der Waals surface area contributed by atoms with Gasteiger partial charge in [-0.3, -0.25) is 4.79 Å². The van der Waals surface area contributed by atoms with Crippen LogP contribution < -0.4 is 10.1 Å². The lowest BCUT2D eigenvalue weighted by atomic mass is 10.0. The van der Waals surface area contributed by atoms with E-state index in [1.165, 1.54) is 11.1 Å². The van der Waals surface area contributed by atoms with Crippen molar-refractivity contribution in [2.45, 2.75) is 59.0 Å². The van der Waals surface area contributed by atoms with Crippen LogP contribution in [0, 0.1) is 6.92 Å². The molecule has 5 nitrogen and oxygen atoms in total. The van der Waals surface area contributed by atoms with Crippen LogP contribution in [0.15, 0.2) is 72.8 Å². The van der Waals surface area contributed by atoms with Crippen molar-refractivity contribution in [2.24, 2.45) is 0 Å². The van der Waals surface area contributed by atoms with Crippen LogP contribution in [-0.2, 0) is 17.8 Å². The highest BCUT2D eigenvalue weighted by molar-refractivity contribution is 5.79. The number of ether oxygens (including phenoxy) is 1. The van der Waals surface area contributed by atoms with Crippen LogP contribution in [0.2, 0.25) is 0 Å². The smallest absolute Gasteiger partial charge is 0.224 e. The van der Waals surface area contributed by atoms with Gasteiger partial charge in [-0.25, -0.2) is 4.98 Å². The van der Waals surface area contributed by atoms with Gasteiger partial charge in [0.1, 0.15) is 11.6 Å². The van der Waals surface area contributed by atoms with Crippen molar-refractivity contribution in [2.75, 3.05) is 6.61 Å². The first-order chi connectivity index (χ1) is 16.9. The normalized spacial score (nSPS) is 12.1. The molecule has 0 saturated carbocycles. The Bertz CT molecular complexity index is 1280. The predicted octanol–water partition coefficient (Wildman–Crippen LogP) is 6.36. The molecule has 1 unspecified atom stereocenters. The standard InChI is InChI=1S/C30H35N3O2/c1-21(2)25-16-15-22(3)19-28(25)35-18-10-17-33-27-14-9-8-13-26(27)32-30(33)23(4)31-29(34)20-24-11-6-5-7-12-24/h5-9,11-16,19,21,23H,10,17-18,20H2,1-4H3,(H,31,34). The number of aryl methyl sites for hydroxylation is 2. The number of para-hydroxylation sites is 2. The van der Waals surface area contributed by atoms with E-state index in [4.69, 9.17) is 9.72 Å². The number of hydrogen-bond donors (Lipinski definition) is 1. The number of carbonyl (C=O) groups excluding carboxylic acids is 1. The molecule has 0 aliphatic rings. The van der Waals surface area contributed by atoms with Gasteiger partial charge < -0.3 is 14.6 Å². The van der Waals surface area contributed by atoms with Gasteiger partial charge in [-0.2, -0.15) is 0 Å². The van der Waals surface area contributed by atoms with Crippen LogP contribution >= 0.6 is 0 Å². The molecule has 1 N–H and O–H groups in total. The highest BCUT2D eigenvalue weighted by Crippen LogP contribution is 2.28. The third kappa shape index (κ3) is 6.10. The van der Waals surface area contributed by atoms with Crippen LogP contribution in [0.25, 0.3) is 11.0 Å². The number of benzene rings is 3. The Balaban J connectivity index is 1.45. The van der Waals surface area contributed by atoms with Gasteiger partial charge in [0.25, 0.3) is 0 Å². The molecule has 0 saturated heterocycles. The number of hydrogen-bond acceptors (Lipinski definition) is 3. The van der Waals surface area contributed by atoms with E-state index in [-0.39, 0.29) is 11.9 Å². The van der Waals surface area contributed by atoms with Gasteiger partial charge in [0, 0.05) is 6.54 Å². The molecule has 0 fully saturated rings. The van der Waals surface area contributed by atoms with Crippen molar-refractivity contribution >= 4 is 16.9 Å². The summed E-state index contributed by atoms with van der Waals surface area (Å²) < 4.78 is 8.43. The first-order valence-electron chi connectivity index (χ1n) is 12.4. The molecule has 0 aliphatic heterocycles. The average Bonchev–Trinajstić information content (AvgIpc) is 3.21. The Kier molecular flexibility index (Phi) is 7.86. The fourth-order valence-electron chi connectivity index (χ4n) is 4.45. The third-order valence-electron chi connectivity index (χ3n) is 6.23. The minimum atomic E-state index is -0.205. The SMILES string of the molecule is Cc1ccc(C(C)C)c(OCCCn2c(C(C)NC(=O)Cc3ccccc3)nc3ccccc32)c1. The summed E-state index contributed by atoms with van der Waals surface area (Å²) >= 11 is 0. The number of carbonyl (C=O) groups is 1. The zero-order valence-corrected chi connectivity index (χ0v) is 21.1. The van der Waals surface area contributed by atoms with E-state index in [9.17, 15) is 4.79 Å². The maximum Gasteiger partial charge on any atom is 0.224 e. The molecule has 3 aromatic carbocycles. The Hall–Kier alpha value is -3.60. The largest absolute Gasteiger partial charge is 0.493 e. The van der Waals surface area contributed by atoms with Gasteiger partial charge in [-0.1, -0.05) is 68.4 Å². The number of aromatic nitrogens is 2. The van der Waals surface area contributed by atoms with E-state index in [1.807, 2.05) is 55.5 Å². The van der Waals surface area contributed by atoms with Gasteiger partial charge in [0.2, 0.25) is 5.91 Å². The molecule has 0 aliphatic carbocycles. The number of nitrogens with one attached hydrogen (secondary N) is 1. The lowest BCUT2D eigenvalue weighted by Crippen LogP contribution is -2.30. The van der Waals surface area contributed by atoms with Gasteiger partial charge in [0.15, 0.2) is 0 Å². The second-order valence-corrected chi connectivity index (χ2v) is 9.46. The highest BCUT2D eigenvalue weighted by Gasteiger charge is 2.18. The van der Waals surface area contributed by atoms with Crippen LogP contribution in [0.1, 0.15) is 61.7 Å². The summed E-state index contributed by atoms with van der Waals surface area (Å²) in [5, 5.41) is 3.13. The van der Waals surface area contributed by atoms with Crippen molar-refractivity contribution in [3.63, 3.8) is 0 Å². The monoisotopic (exact) mass is 469 g/mol. The number of rotatable bonds is 10. The van der Waals surface area contributed by atoms with Gasteiger partial charge in [-0.05, 0) is 61.1 Å². The van der Waals surface area contributed by atoms with Crippen LogP contribution in [-0.4, -0.2) is 22.1 Å². The van der Waals surface area contributed by atoms with E-state index in [0.717, 1.165) is 41.1 Å². The summed E-state index contributed by atoms with van der Waals surface area (Å²) in [6.45, 7) is 9.85. The first-order valence-corrected chi connectivity index (χ1v) is 12.4. The van der Waals surface area contributed by atoms with Gasteiger partial charge in [-0.15, -0.1) is 0 Å². The second kappa shape index (κ2) is 11.2. The van der Waals surface area contributed by atoms with Crippen molar-refractivity contribution in [3.8, 4) is 5.75 Å². The minimum absolute atomic E-state index is 0.00805. The summed E-state index contributed by atoms with van der Waals surface area (Å²) in [4.78, 5) is 17.6. The molecule has 4 rings (SSSR count). The zero-order chi connectivity index (χ0) is 24.8. The molecule has 1 amide bonds. The maximum absolute atomic E-state index is 12.7. The summed E-state index contributed by atoms with van der Waals surface area (Å²) in [7, 11) is 0. The van der Waals surface area contributed by atoms with E-state index in [2.05, 4.69) is 54.9 Å². The van der Waals surface area contributed by atoms with Crippen molar-refractivity contribution in [1.29, 1.82) is 0 Å². The first kappa shape index (κ1) is 24.5. The summed E-state index contributed by atoms with van der Waals surface area (Å²) in [6, 6.07) is 24.2. The fourth-order valence-corrected chi connectivity index (χ4v) is 4.45. The molecular formula is C30H35N3O2. The van der Waals surface area contributed by atoms with Crippen LogP contribution in [0.4, 0.5) is 0 Å². The molecule has 1 atom stereocenters. The topological polar surface area (TPSA) is 56.1 Å². The van der Waals surface area contributed by atoms with E-state index in [1.54, 1.807) is 0 Å². The van der Waals surface area contributed by atoms with E-state index < -0.39 is 0 Å². The summed E-state index contributed by atoms with van der Waals surface area (Å²) in [5.41, 5.74) is 5.45. The maximum atomic E-state index is 12.7. The molecule has 0 bridgehead atoms. The second-order valence-electron chi connectivity index (χ2n) is 9.46. The summed E-state index contributed by atoms with van der Waals surface area (Å²) in [5.74, 6) is 2.24. The van der Waals surface area contributed by atoms with Crippen molar-refractivity contribution in [1.82, 2.24) is 14.9 Å². The van der Waals surface area contributed by atoms with Gasteiger partial charge in [0.05, 0.1) is 30.1 Å². The van der Waals surface area contributed by atoms with E-state index in [0.29, 0.717) is 18.9 Å². The molecule has 35 heavy (non-hydrogen) atoms. The molecule has 4 aromatic rings. The predicted molar refractivity (Wildman–Crippen MR) is 142 cm³/mol. The molecule has 1 heterocycles. The number of fused-ring (bicyclic) bond motifs is 1. The third-order valence-corrected chi connectivity index (χ3v) is 6.23. The van der Waals surface area contributed by atoms with Crippen LogP contribution in [0.5, 0.6) is 5.75 Å². The Labute approximate surface area is 208 Å². The molecule has 0 spiro atoms. The Morgan fingerprint density at radius 3 is 2.51 bits per heavy atom. The molecule has 5 heteroatoms. The quantitative estimate of drug-likeness (QED) is 0.275. The zero-order valence-electron chi connectivity index (χ0n) is 21.1. The lowest BCUT2D eigenvalue weighted by molar-refractivity contribution is -0.121. The minimum Gasteiger partial charge on any atom is -0.493 e. The molecule has 0 radical (unpaired) electrons. The molecule has 182 valence electrons. The number of nitrogens with zero attached hydrogens (tertiary/aromatic N) is 2. The molecular weight excluding hydrogens is 434 g/mol. The number of imidazole rings is 1. The summed E-state index contributed by atoms with van der Waals surface area (Å²) in [6.07, 6.45) is 1.19. The van der Waals surface area contributed by atoms with Crippen molar-refractivity contribution < 1.29 is 9.53 Å². The van der Waals surface area contributed by atoms with Crippen molar-refractivity contribution in [3.05, 3.63) is 95.3 Å². The highest BCUT2D eigenvalue weighted by atomic mass is 16.5. The fraction of sp³-hybridized carbons (Fsp3) is 0.333. The van der Waals surface area contributed by atoms with Crippen LogP contribution in [0.3, 0.4) is 0 Å². The molecule has 1 aromatic heterocycles. The Morgan fingerprint density at radius 2 is 1.74 bits per heavy atom.